The van der Waals surface area contributed by atoms with Gasteiger partial charge >= 0.3 is 0 Å². The average Bonchev–Trinajstić information content (AvgIpc) is 2.86. The zero-order chi connectivity index (χ0) is 17.9. The van der Waals surface area contributed by atoms with E-state index in [1.165, 1.54) is 28.1 Å². The van der Waals surface area contributed by atoms with Crippen molar-refractivity contribution in [1.82, 2.24) is 9.88 Å². The van der Waals surface area contributed by atoms with E-state index in [1.54, 1.807) is 18.2 Å². The maximum absolute atomic E-state index is 12.3. The fraction of sp³-hybridized carbons (Fsp3) is 0.333. The summed E-state index contributed by atoms with van der Waals surface area (Å²) in [5, 5.41) is 3.58. The molecule has 0 aliphatic rings. The number of hydrogen-bond acceptors (Lipinski definition) is 7. The molecule has 1 amide bonds. The molecule has 1 N–H and O–H groups in total. The van der Waals surface area contributed by atoms with Crippen LogP contribution in [0.5, 0.6) is 11.5 Å². The van der Waals surface area contributed by atoms with Crippen LogP contribution in [0.3, 0.4) is 0 Å². The van der Waals surface area contributed by atoms with Crippen molar-refractivity contribution < 1.29 is 27.2 Å². The zero-order valence-corrected chi connectivity index (χ0v) is 14.6. The summed E-state index contributed by atoms with van der Waals surface area (Å²) in [5.41, 5.74) is 0.776. The monoisotopic (exact) mass is 354 g/mol. The number of benzene rings is 1. The molecule has 0 bridgehead atoms. The smallest absolute Gasteiger partial charge is 0.269 e. The SMILES string of the molecule is COc1ccc(CC(=O)NS(=O)(=O)c2c(C)noc2C)cc1OC. The summed E-state index contributed by atoms with van der Waals surface area (Å²) in [7, 11) is -1.06. The standard InChI is InChI=1S/C15H18N2O6S/c1-9-15(10(2)23-16-9)24(19,20)17-14(18)8-11-5-6-12(21-3)13(7-11)22-4/h5-7H,8H2,1-4H3,(H,17,18). The Bertz CT molecular complexity index is 837. The van der Waals surface area contributed by atoms with Crippen molar-refractivity contribution in [2.45, 2.75) is 25.2 Å². The number of nitrogens with zero attached hydrogens (tertiary/aromatic N) is 1. The van der Waals surface area contributed by atoms with Crippen LogP contribution in [0.2, 0.25) is 0 Å². The number of aryl methyl sites for hydroxylation is 2. The van der Waals surface area contributed by atoms with E-state index in [9.17, 15) is 13.2 Å². The fourth-order valence-electron chi connectivity index (χ4n) is 2.27. The molecule has 0 fully saturated rings. The number of carbonyl (C=O) groups is 1. The number of hydrogen-bond donors (Lipinski definition) is 1. The molecule has 1 heterocycles. The Morgan fingerprint density at radius 2 is 1.88 bits per heavy atom. The summed E-state index contributed by atoms with van der Waals surface area (Å²) < 4.78 is 41.7. The van der Waals surface area contributed by atoms with Crippen molar-refractivity contribution in [1.29, 1.82) is 0 Å². The molecular formula is C15H18N2O6S. The topological polar surface area (TPSA) is 108 Å². The molecule has 8 nitrogen and oxygen atoms in total. The summed E-state index contributed by atoms with van der Waals surface area (Å²) in [6.45, 7) is 2.96. The van der Waals surface area contributed by atoms with Crippen LogP contribution in [-0.4, -0.2) is 33.7 Å². The number of nitrogens with one attached hydrogen (secondary N) is 1. The summed E-state index contributed by atoms with van der Waals surface area (Å²) in [5.74, 6) is 0.419. The number of amides is 1. The van der Waals surface area contributed by atoms with E-state index in [4.69, 9.17) is 14.0 Å². The van der Waals surface area contributed by atoms with Crippen LogP contribution < -0.4 is 14.2 Å². The molecule has 0 saturated heterocycles. The maximum Gasteiger partial charge on any atom is 0.269 e. The fourth-order valence-corrected chi connectivity index (χ4v) is 3.59. The highest BCUT2D eigenvalue weighted by Gasteiger charge is 2.26. The van der Waals surface area contributed by atoms with Crippen molar-refractivity contribution in [3.8, 4) is 11.5 Å². The zero-order valence-electron chi connectivity index (χ0n) is 13.7. The lowest BCUT2D eigenvalue weighted by atomic mass is 10.1. The minimum atomic E-state index is -4.04. The normalized spacial score (nSPS) is 11.2. The highest BCUT2D eigenvalue weighted by Crippen LogP contribution is 2.27. The first-order chi connectivity index (χ1) is 11.3. The van der Waals surface area contributed by atoms with Gasteiger partial charge in [0.1, 0.15) is 5.69 Å². The van der Waals surface area contributed by atoms with E-state index in [0.29, 0.717) is 17.1 Å². The van der Waals surface area contributed by atoms with Gasteiger partial charge in [0.05, 0.1) is 20.6 Å². The van der Waals surface area contributed by atoms with Crippen molar-refractivity contribution in [2.75, 3.05) is 14.2 Å². The predicted octanol–water partition coefficient (Wildman–Crippen LogP) is 1.36. The second-order valence-corrected chi connectivity index (χ2v) is 6.67. The van der Waals surface area contributed by atoms with E-state index in [1.807, 2.05) is 4.72 Å². The lowest BCUT2D eigenvalue weighted by molar-refractivity contribution is -0.118. The van der Waals surface area contributed by atoms with Crippen LogP contribution >= 0.6 is 0 Å². The molecular weight excluding hydrogens is 336 g/mol. The Hall–Kier alpha value is -2.55. The molecule has 130 valence electrons. The van der Waals surface area contributed by atoms with Crippen LogP contribution in [0.4, 0.5) is 0 Å². The Labute approximate surface area is 139 Å². The molecule has 0 spiro atoms. The number of carbonyl (C=O) groups excluding carboxylic acids is 1. The molecule has 0 aliphatic heterocycles. The predicted molar refractivity (Wildman–Crippen MR) is 84.6 cm³/mol. The third-order valence-corrected chi connectivity index (χ3v) is 4.91. The van der Waals surface area contributed by atoms with Gasteiger partial charge in [0.2, 0.25) is 5.91 Å². The van der Waals surface area contributed by atoms with Gasteiger partial charge in [-0.3, -0.25) is 4.79 Å². The number of methoxy groups -OCH3 is 2. The number of rotatable bonds is 6. The summed E-state index contributed by atoms with van der Waals surface area (Å²) in [4.78, 5) is 12.0. The van der Waals surface area contributed by atoms with Gasteiger partial charge in [-0.05, 0) is 31.5 Å². The summed E-state index contributed by atoms with van der Waals surface area (Å²) in [6.07, 6.45) is -0.136. The second-order valence-electron chi connectivity index (χ2n) is 5.05. The van der Waals surface area contributed by atoms with E-state index < -0.39 is 15.9 Å². The van der Waals surface area contributed by atoms with Crippen molar-refractivity contribution in [3.05, 3.63) is 35.2 Å². The average molecular weight is 354 g/mol. The van der Waals surface area contributed by atoms with E-state index in [2.05, 4.69) is 5.16 Å². The quantitative estimate of drug-likeness (QED) is 0.834. The van der Waals surface area contributed by atoms with Gasteiger partial charge < -0.3 is 14.0 Å². The van der Waals surface area contributed by atoms with Crippen LogP contribution in [0.25, 0.3) is 0 Å². The van der Waals surface area contributed by atoms with Crippen LogP contribution in [-0.2, 0) is 21.2 Å². The minimum absolute atomic E-state index is 0.122. The molecule has 0 aliphatic carbocycles. The third-order valence-electron chi connectivity index (χ3n) is 3.30. The minimum Gasteiger partial charge on any atom is -0.493 e. The molecule has 2 aromatic rings. The molecule has 24 heavy (non-hydrogen) atoms. The molecule has 0 saturated carbocycles. The molecule has 9 heteroatoms. The van der Waals surface area contributed by atoms with Crippen LogP contribution in [0.1, 0.15) is 17.0 Å². The first-order valence-electron chi connectivity index (χ1n) is 6.98. The van der Waals surface area contributed by atoms with Gasteiger partial charge in [-0.1, -0.05) is 11.2 Å². The Morgan fingerprint density at radius 1 is 1.21 bits per heavy atom. The number of sulfonamides is 1. The number of aromatic nitrogens is 1. The van der Waals surface area contributed by atoms with E-state index in [0.717, 1.165) is 0 Å². The summed E-state index contributed by atoms with van der Waals surface area (Å²) in [6, 6.07) is 4.91. The van der Waals surface area contributed by atoms with Gasteiger partial charge in [-0.15, -0.1) is 0 Å². The van der Waals surface area contributed by atoms with Gasteiger partial charge in [-0.2, -0.15) is 0 Å². The molecule has 2 rings (SSSR count). The summed E-state index contributed by atoms with van der Waals surface area (Å²) >= 11 is 0. The van der Waals surface area contributed by atoms with Crippen molar-refractivity contribution in [3.63, 3.8) is 0 Å². The second kappa shape index (κ2) is 6.91. The first kappa shape index (κ1) is 17.8. The number of ether oxygens (including phenoxy) is 2. The Kier molecular flexibility index (Phi) is 5.13. The molecule has 1 aromatic heterocycles. The largest absolute Gasteiger partial charge is 0.493 e. The van der Waals surface area contributed by atoms with Crippen LogP contribution in [0.15, 0.2) is 27.6 Å². The molecule has 0 radical (unpaired) electrons. The molecule has 1 aromatic carbocycles. The lowest BCUT2D eigenvalue weighted by Gasteiger charge is -2.10. The third kappa shape index (κ3) is 3.67. The van der Waals surface area contributed by atoms with Gasteiger partial charge in [0, 0.05) is 0 Å². The van der Waals surface area contributed by atoms with Gasteiger partial charge in [0.15, 0.2) is 22.2 Å². The van der Waals surface area contributed by atoms with Gasteiger partial charge in [0.25, 0.3) is 10.0 Å². The maximum atomic E-state index is 12.3. The Morgan fingerprint density at radius 3 is 2.42 bits per heavy atom. The van der Waals surface area contributed by atoms with Crippen LogP contribution in [0, 0.1) is 13.8 Å². The Balaban J connectivity index is 2.16. The first-order valence-corrected chi connectivity index (χ1v) is 8.46. The lowest BCUT2D eigenvalue weighted by Crippen LogP contribution is -2.32. The van der Waals surface area contributed by atoms with E-state index >= 15 is 0 Å². The molecule has 0 atom stereocenters. The molecule has 0 unspecified atom stereocenters. The highest BCUT2D eigenvalue weighted by molar-refractivity contribution is 7.90. The van der Waals surface area contributed by atoms with Gasteiger partial charge in [-0.25, -0.2) is 13.1 Å². The van der Waals surface area contributed by atoms with E-state index in [-0.39, 0.29) is 22.8 Å². The highest BCUT2D eigenvalue weighted by atomic mass is 32.2. The van der Waals surface area contributed by atoms with Crippen molar-refractivity contribution in [2.24, 2.45) is 0 Å². The van der Waals surface area contributed by atoms with Crippen molar-refractivity contribution >= 4 is 15.9 Å².